The minimum absolute atomic E-state index is 0.156. The minimum atomic E-state index is -4.60. The second kappa shape index (κ2) is 3.56. The van der Waals surface area contributed by atoms with E-state index in [1.165, 1.54) is 0 Å². The van der Waals surface area contributed by atoms with Crippen LogP contribution in [0.1, 0.15) is 11.5 Å². The van der Waals surface area contributed by atoms with Crippen LogP contribution in [0, 0.1) is 0 Å². The standard InChI is InChI=1S/C6H5F3N2O3/c7-6(8,9)4-1-3(11-14-4)2-13-5(10)12/h1H,2H2,(H2,10,12). The minimum Gasteiger partial charge on any atom is -0.443 e. The van der Waals surface area contributed by atoms with Gasteiger partial charge in [0.15, 0.2) is 0 Å². The Kier molecular flexibility index (Phi) is 2.63. The lowest BCUT2D eigenvalue weighted by molar-refractivity contribution is -0.155. The first-order valence-corrected chi connectivity index (χ1v) is 3.34. The Morgan fingerprint density at radius 3 is 2.71 bits per heavy atom. The molecule has 0 saturated carbocycles. The Hall–Kier alpha value is -1.73. The molecule has 0 radical (unpaired) electrons. The molecular formula is C6H5F3N2O3. The van der Waals surface area contributed by atoms with E-state index in [4.69, 9.17) is 0 Å². The van der Waals surface area contributed by atoms with Gasteiger partial charge < -0.3 is 15.0 Å². The van der Waals surface area contributed by atoms with Crippen molar-refractivity contribution in [2.45, 2.75) is 12.8 Å². The van der Waals surface area contributed by atoms with Gasteiger partial charge in [0.25, 0.3) is 0 Å². The van der Waals surface area contributed by atoms with Gasteiger partial charge in [0.05, 0.1) is 0 Å². The molecule has 0 aliphatic heterocycles. The summed E-state index contributed by atoms with van der Waals surface area (Å²) in [5, 5.41) is 3.03. The summed E-state index contributed by atoms with van der Waals surface area (Å²) >= 11 is 0. The summed E-state index contributed by atoms with van der Waals surface area (Å²) in [6.45, 7) is -0.449. The van der Waals surface area contributed by atoms with Crippen molar-refractivity contribution in [1.29, 1.82) is 0 Å². The third kappa shape index (κ3) is 2.64. The van der Waals surface area contributed by atoms with Crippen LogP contribution in [0.15, 0.2) is 10.6 Å². The number of nitrogens with two attached hydrogens (primary N) is 1. The number of ether oxygens (including phenoxy) is 1. The van der Waals surface area contributed by atoms with Crippen molar-refractivity contribution < 1.29 is 27.2 Å². The molecule has 1 rings (SSSR count). The van der Waals surface area contributed by atoms with Gasteiger partial charge in [-0.15, -0.1) is 0 Å². The Morgan fingerprint density at radius 1 is 1.64 bits per heavy atom. The van der Waals surface area contributed by atoms with Crippen molar-refractivity contribution in [2.24, 2.45) is 5.73 Å². The summed E-state index contributed by atoms with van der Waals surface area (Å²) in [6.07, 6.45) is -5.70. The van der Waals surface area contributed by atoms with Crippen molar-refractivity contribution >= 4 is 6.09 Å². The summed E-state index contributed by atoms with van der Waals surface area (Å²) < 4.78 is 44.0. The van der Waals surface area contributed by atoms with Gasteiger partial charge in [-0.2, -0.15) is 13.2 Å². The molecule has 0 fully saturated rings. The van der Waals surface area contributed by atoms with Crippen LogP contribution in [0.4, 0.5) is 18.0 Å². The second-order valence-electron chi connectivity index (χ2n) is 2.29. The Labute approximate surface area is 75.6 Å². The topological polar surface area (TPSA) is 78.4 Å². The van der Waals surface area contributed by atoms with Gasteiger partial charge >= 0.3 is 12.3 Å². The zero-order valence-corrected chi connectivity index (χ0v) is 6.67. The van der Waals surface area contributed by atoms with E-state index in [1.54, 1.807) is 0 Å². The molecule has 0 aliphatic carbocycles. The Morgan fingerprint density at radius 2 is 2.29 bits per heavy atom. The first-order valence-electron chi connectivity index (χ1n) is 3.34. The van der Waals surface area contributed by atoms with Gasteiger partial charge in [-0.05, 0) is 0 Å². The van der Waals surface area contributed by atoms with Crippen LogP contribution in [0.25, 0.3) is 0 Å². The third-order valence-corrected chi connectivity index (χ3v) is 1.20. The van der Waals surface area contributed by atoms with Gasteiger partial charge in [-0.3, -0.25) is 0 Å². The molecule has 0 unspecified atom stereocenters. The molecule has 0 saturated heterocycles. The van der Waals surface area contributed by atoms with E-state index in [0.29, 0.717) is 6.07 Å². The highest BCUT2D eigenvalue weighted by Crippen LogP contribution is 2.29. The lowest BCUT2D eigenvalue weighted by Gasteiger charge is -1.97. The van der Waals surface area contributed by atoms with Crippen molar-refractivity contribution in [1.82, 2.24) is 5.16 Å². The van der Waals surface area contributed by atoms with Crippen LogP contribution >= 0.6 is 0 Å². The molecule has 0 aliphatic rings. The molecule has 1 heterocycles. The highest BCUT2D eigenvalue weighted by atomic mass is 19.4. The monoisotopic (exact) mass is 210 g/mol. The number of carbonyl (C=O) groups is 1. The average Bonchev–Trinajstić information content (AvgIpc) is 2.47. The molecule has 1 aromatic rings. The molecule has 0 aromatic carbocycles. The van der Waals surface area contributed by atoms with E-state index in [2.05, 4.69) is 20.2 Å². The predicted molar refractivity (Wildman–Crippen MR) is 35.9 cm³/mol. The van der Waals surface area contributed by atoms with Gasteiger partial charge in [0, 0.05) is 6.07 Å². The van der Waals surface area contributed by atoms with E-state index in [-0.39, 0.29) is 5.69 Å². The van der Waals surface area contributed by atoms with E-state index in [0.717, 1.165) is 0 Å². The Bertz CT molecular complexity index is 333. The highest BCUT2D eigenvalue weighted by Gasteiger charge is 2.36. The third-order valence-electron chi connectivity index (χ3n) is 1.20. The van der Waals surface area contributed by atoms with E-state index in [9.17, 15) is 18.0 Å². The van der Waals surface area contributed by atoms with Gasteiger partial charge in [-0.25, -0.2) is 4.79 Å². The van der Waals surface area contributed by atoms with E-state index >= 15 is 0 Å². The summed E-state index contributed by atoms with van der Waals surface area (Å²) in [5.74, 6) is -1.25. The van der Waals surface area contributed by atoms with Crippen molar-refractivity contribution in [2.75, 3.05) is 0 Å². The first kappa shape index (κ1) is 10.4. The van der Waals surface area contributed by atoms with Gasteiger partial charge in [0.2, 0.25) is 5.76 Å². The van der Waals surface area contributed by atoms with Crippen molar-refractivity contribution in [3.63, 3.8) is 0 Å². The fourth-order valence-corrected chi connectivity index (χ4v) is 0.659. The van der Waals surface area contributed by atoms with E-state index in [1.807, 2.05) is 0 Å². The molecule has 0 atom stereocenters. The lowest BCUT2D eigenvalue weighted by atomic mass is 10.4. The van der Waals surface area contributed by atoms with Crippen LogP contribution in [0.2, 0.25) is 0 Å². The largest absolute Gasteiger partial charge is 0.452 e. The zero-order chi connectivity index (χ0) is 10.8. The number of hydrogen-bond donors (Lipinski definition) is 1. The zero-order valence-electron chi connectivity index (χ0n) is 6.67. The quantitative estimate of drug-likeness (QED) is 0.797. The van der Waals surface area contributed by atoms with Crippen molar-refractivity contribution in [3.05, 3.63) is 17.5 Å². The van der Waals surface area contributed by atoms with Crippen LogP contribution in [-0.4, -0.2) is 11.2 Å². The summed E-state index contributed by atoms with van der Waals surface area (Å²) in [4.78, 5) is 10.1. The molecule has 5 nitrogen and oxygen atoms in total. The van der Waals surface area contributed by atoms with Gasteiger partial charge in [-0.1, -0.05) is 5.16 Å². The number of halogens is 3. The highest BCUT2D eigenvalue weighted by molar-refractivity contribution is 5.64. The van der Waals surface area contributed by atoms with Crippen LogP contribution in [-0.2, 0) is 17.5 Å². The molecule has 2 N–H and O–H groups in total. The molecule has 0 bridgehead atoms. The van der Waals surface area contributed by atoms with Crippen molar-refractivity contribution in [3.8, 4) is 0 Å². The second-order valence-corrected chi connectivity index (χ2v) is 2.29. The summed E-state index contributed by atoms with van der Waals surface area (Å²) in [6, 6.07) is 0.628. The number of alkyl halides is 3. The predicted octanol–water partition coefficient (Wildman–Crippen LogP) is 1.29. The van der Waals surface area contributed by atoms with Crippen LogP contribution in [0.5, 0.6) is 0 Å². The molecular weight excluding hydrogens is 205 g/mol. The van der Waals surface area contributed by atoms with E-state index < -0.39 is 24.6 Å². The number of carbonyl (C=O) groups excluding carboxylic acids is 1. The number of aromatic nitrogens is 1. The molecule has 1 amide bonds. The maximum atomic E-state index is 11.9. The number of nitrogens with zero attached hydrogens (tertiary/aromatic N) is 1. The SMILES string of the molecule is NC(=O)OCc1cc(C(F)(F)F)on1. The number of rotatable bonds is 2. The van der Waals surface area contributed by atoms with Crippen LogP contribution in [0.3, 0.4) is 0 Å². The smallest absolute Gasteiger partial charge is 0.443 e. The summed E-state index contributed by atoms with van der Waals surface area (Å²) in [5.41, 5.74) is 4.43. The Balaban J connectivity index is 2.64. The fourth-order valence-electron chi connectivity index (χ4n) is 0.659. The first-order chi connectivity index (χ1) is 6.39. The molecule has 8 heteroatoms. The maximum absolute atomic E-state index is 11.9. The number of hydrogen-bond acceptors (Lipinski definition) is 4. The van der Waals surface area contributed by atoms with Gasteiger partial charge in [0.1, 0.15) is 12.3 Å². The maximum Gasteiger partial charge on any atom is 0.452 e. The number of primary amides is 1. The molecule has 0 spiro atoms. The summed E-state index contributed by atoms with van der Waals surface area (Å²) in [7, 11) is 0. The normalized spacial score (nSPS) is 11.4. The molecule has 14 heavy (non-hydrogen) atoms. The average molecular weight is 210 g/mol. The fraction of sp³-hybridized carbons (Fsp3) is 0.333. The lowest BCUT2D eigenvalue weighted by Crippen LogP contribution is -2.12. The van der Waals surface area contributed by atoms with Crippen LogP contribution < -0.4 is 5.73 Å². The molecule has 78 valence electrons. The number of amides is 1. The molecule has 1 aromatic heterocycles.